The summed E-state index contributed by atoms with van der Waals surface area (Å²) in [6, 6.07) is 20.3. The average molecular weight is 1270 g/mol. The van der Waals surface area contributed by atoms with Gasteiger partial charge in [0, 0.05) is 62.4 Å². The Kier molecular flexibility index (Phi) is 23.7. The molecular formula is C65H83N11O14S. The fourth-order valence-electron chi connectivity index (χ4n) is 10.9. The van der Waals surface area contributed by atoms with Gasteiger partial charge in [0.1, 0.15) is 23.5 Å². The first kappa shape index (κ1) is 67.6. The number of aryl methyl sites for hydroxylation is 1. The number of ether oxygens (including phenoxy) is 6. The van der Waals surface area contributed by atoms with Crippen LogP contribution in [-0.4, -0.2) is 185 Å². The Hall–Kier alpha value is -7.82. The Balaban J connectivity index is 0.600. The van der Waals surface area contributed by atoms with E-state index >= 15 is 0 Å². The number of carbonyl (C=O) groups is 5. The first-order valence-corrected chi connectivity index (χ1v) is 31.7. The van der Waals surface area contributed by atoms with E-state index in [1.165, 1.54) is 4.90 Å². The number of cyclic esters (lactones) is 1. The molecule has 2 saturated heterocycles. The van der Waals surface area contributed by atoms with Gasteiger partial charge in [0.25, 0.3) is 5.89 Å². The van der Waals surface area contributed by atoms with Crippen molar-refractivity contribution in [3.05, 3.63) is 118 Å². The third-order valence-electron chi connectivity index (χ3n) is 16.0. The number of fused-ring (bicyclic) bond motifs is 1. The molecule has 3 aliphatic heterocycles. The Morgan fingerprint density at radius 2 is 1.48 bits per heavy atom. The Labute approximate surface area is 533 Å². The molecule has 0 aliphatic carbocycles. The number of carbonyl (C=O) groups excluding carboxylic acids is 5. The zero-order chi connectivity index (χ0) is 64.5. The van der Waals surface area contributed by atoms with Gasteiger partial charge in [-0.3, -0.25) is 19.2 Å². The molecular weight excluding hydrogens is 1190 g/mol. The van der Waals surface area contributed by atoms with Crippen molar-refractivity contribution >= 4 is 58.4 Å². The molecule has 0 bridgehead atoms. The number of likely N-dealkylation sites (tertiary alicyclic amines) is 2. The van der Waals surface area contributed by atoms with Crippen LogP contribution < -0.4 is 21.3 Å². The van der Waals surface area contributed by atoms with Gasteiger partial charge in [-0.1, -0.05) is 75.4 Å². The lowest BCUT2D eigenvalue weighted by Gasteiger charge is -2.35. The summed E-state index contributed by atoms with van der Waals surface area (Å²) in [5, 5.41) is 42.2. The van der Waals surface area contributed by atoms with E-state index in [0.717, 1.165) is 32.8 Å². The predicted molar refractivity (Wildman–Crippen MR) is 337 cm³/mol. The lowest BCUT2D eigenvalue weighted by Crippen LogP contribution is -2.57. The summed E-state index contributed by atoms with van der Waals surface area (Å²) in [5.74, 6) is -0.398. The quantitative estimate of drug-likeness (QED) is 0.0191. The van der Waals surface area contributed by atoms with E-state index in [9.17, 15) is 34.2 Å². The number of nitrogens with one attached hydrogen (secondary N) is 4. The third kappa shape index (κ3) is 18.5. The number of rotatable bonds is 32. The van der Waals surface area contributed by atoms with E-state index in [1.807, 2.05) is 113 Å². The molecule has 0 saturated carbocycles. The molecule has 91 heavy (non-hydrogen) atoms. The molecule has 4 amide bonds. The van der Waals surface area contributed by atoms with Crippen molar-refractivity contribution in [3.63, 3.8) is 0 Å². The van der Waals surface area contributed by atoms with Crippen LogP contribution >= 0.6 is 11.3 Å². The van der Waals surface area contributed by atoms with Crippen LogP contribution in [0.5, 0.6) is 0 Å². The van der Waals surface area contributed by atoms with Gasteiger partial charge in [-0.05, 0) is 73.9 Å². The van der Waals surface area contributed by atoms with E-state index in [1.54, 1.807) is 29.7 Å². The molecule has 3 aliphatic rings. The summed E-state index contributed by atoms with van der Waals surface area (Å²) in [7, 11) is 0. The molecule has 0 radical (unpaired) electrons. The number of nitrogens with zero attached hydrogens (tertiary/aromatic N) is 7. The number of amides is 4. The van der Waals surface area contributed by atoms with Crippen molar-refractivity contribution in [1.29, 1.82) is 0 Å². The highest BCUT2D eigenvalue weighted by atomic mass is 32.1. The summed E-state index contributed by atoms with van der Waals surface area (Å²) in [6.45, 7) is 15.2. The van der Waals surface area contributed by atoms with Crippen LogP contribution in [0.4, 0.5) is 17.5 Å². The molecule has 488 valence electrons. The van der Waals surface area contributed by atoms with Crippen LogP contribution in [0.25, 0.3) is 21.9 Å². The van der Waals surface area contributed by atoms with Crippen LogP contribution in [-0.2, 0) is 59.7 Å². The molecule has 3 aromatic carbocycles. The molecule has 0 unspecified atom stereocenters. The number of aliphatic hydroxyl groups is 2. The van der Waals surface area contributed by atoms with Crippen LogP contribution in [0.1, 0.15) is 117 Å². The lowest BCUT2D eigenvalue weighted by molar-refractivity contribution is -0.144. The van der Waals surface area contributed by atoms with Gasteiger partial charge >= 0.3 is 5.97 Å². The zero-order valence-corrected chi connectivity index (χ0v) is 53.3. The SMILES string of the molecule is Cc1ncsc1-c1ccc(CNC(=O)[C@@H]2C[C@@H](O)CN2C(=O)[C@@H](NC(=O)CCOCCOCCOCCOCCOCCC(=O)N2CCC(c3nnc(-c4cnc(Nc5ccc6c(c5)C(C)(C)OC6=O)nc4N[C@H](CO)c4ccccc4)o3)CC2)C(C)(C)C)cc1. The maximum atomic E-state index is 14.0. The first-order chi connectivity index (χ1) is 43.8. The fourth-order valence-corrected chi connectivity index (χ4v) is 11.7. The molecule has 6 N–H and O–H groups in total. The van der Waals surface area contributed by atoms with Gasteiger partial charge < -0.3 is 74.1 Å². The fraction of sp³-hybridized carbons (Fsp3) is 0.508. The number of piperidine rings is 1. The molecule has 0 spiro atoms. The highest BCUT2D eigenvalue weighted by Crippen LogP contribution is 2.39. The summed E-state index contributed by atoms with van der Waals surface area (Å²) in [4.78, 5) is 84.0. The molecule has 9 rings (SSSR count). The summed E-state index contributed by atoms with van der Waals surface area (Å²) in [6.07, 6.45) is 2.30. The molecule has 2 fully saturated rings. The van der Waals surface area contributed by atoms with E-state index < -0.39 is 41.2 Å². The number of esters is 1. The summed E-state index contributed by atoms with van der Waals surface area (Å²) in [5.41, 5.74) is 6.39. The molecule has 6 aromatic rings. The second-order valence-electron chi connectivity index (χ2n) is 24.1. The van der Waals surface area contributed by atoms with Crippen molar-refractivity contribution in [2.24, 2.45) is 5.41 Å². The van der Waals surface area contributed by atoms with Crippen LogP contribution in [0, 0.1) is 12.3 Å². The number of β-amino-alcohol motifs (C(OH)–C–C–N with tert-alkyl or cyclic N) is 1. The van der Waals surface area contributed by atoms with E-state index in [4.69, 9.17) is 37.8 Å². The topological polar surface area (TPSA) is 313 Å². The van der Waals surface area contributed by atoms with Gasteiger partial charge in [-0.15, -0.1) is 21.5 Å². The number of thiazole rings is 1. The highest BCUT2D eigenvalue weighted by molar-refractivity contribution is 7.13. The third-order valence-corrected chi connectivity index (χ3v) is 17.0. The number of aromatic nitrogens is 5. The number of aliphatic hydroxyl groups excluding tert-OH is 2. The van der Waals surface area contributed by atoms with Gasteiger partial charge in [0.15, 0.2) is 0 Å². The number of hydrogen-bond donors (Lipinski definition) is 6. The van der Waals surface area contributed by atoms with Gasteiger partial charge in [0.2, 0.25) is 35.5 Å². The minimum absolute atomic E-state index is 0.00367. The maximum Gasteiger partial charge on any atom is 0.339 e. The first-order valence-electron chi connectivity index (χ1n) is 30.8. The molecule has 3 aromatic heterocycles. The number of benzene rings is 3. The molecule has 6 heterocycles. The van der Waals surface area contributed by atoms with Crippen molar-refractivity contribution in [2.75, 3.05) is 103 Å². The normalized spacial score (nSPS) is 17.1. The van der Waals surface area contributed by atoms with Crippen molar-refractivity contribution in [3.8, 4) is 21.9 Å². The summed E-state index contributed by atoms with van der Waals surface area (Å²) < 4.78 is 39.9. The van der Waals surface area contributed by atoms with E-state index in [-0.39, 0.29) is 100 Å². The van der Waals surface area contributed by atoms with Crippen molar-refractivity contribution in [2.45, 2.75) is 116 Å². The predicted octanol–water partition coefficient (Wildman–Crippen LogP) is 6.63. The summed E-state index contributed by atoms with van der Waals surface area (Å²) >= 11 is 1.57. The second-order valence-corrected chi connectivity index (χ2v) is 25.0. The monoisotopic (exact) mass is 1270 g/mol. The van der Waals surface area contributed by atoms with Crippen LogP contribution in [0.3, 0.4) is 0 Å². The molecule has 4 atom stereocenters. The van der Waals surface area contributed by atoms with Crippen LogP contribution in [0.15, 0.2) is 88.9 Å². The average Bonchev–Trinajstić information content (AvgIpc) is 1.66. The Bertz CT molecular complexity index is 3390. The minimum atomic E-state index is -0.947. The largest absolute Gasteiger partial charge is 0.451 e. The van der Waals surface area contributed by atoms with E-state index in [0.29, 0.717) is 101 Å². The van der Waals surface area contributed by atoms with Gasteiger partial charge in [-0.25, -0.2) is 14.8 Å². The van der Waals surface area contributed by atoms with Crippen molar-refractivity contribution < 1.29 is 67.0 Å². The Morgan fingerprint density at radius 3 is 2.12 bits per heavy atom. The maximum absolute atomic E-state index is 14.0. The van der Waals surface area contributed by atoms with E-state index in [2.05, 4.69) is 41.4 Å². The van der Waals surface area contributed by atoms with Gasteiger partial charge in [-0.2, -0.15) is 4.98 Å². The van der Waals surface area contributed by atoms with Gasteiger partial charge in [0.05, 0.1) is 118 Å². The second kappa shape index (κ2) is 32.0. The molecule has 26 heteroatoms. The lowest BCUT2D eigenvalue weighted by atomic mass is 9.85. The number of hydrogen-bond acceptors (Lipinski definition) is 22. The smallest absolute Gasteiger partial charge is 0.339 e. The van der Waals surface area contributed by atoms with Crippen molar-refractivity contribution in [1.82, 2.24) is 45.6 Å². The highest BCUT2D eigenvalue weighted by Gasteiger charge is 2.45. The molecule has 25 nitrogen and oxygen atoms in total. The number of anilines is 3. The zero-order valence-electron chi connectivity index (χ0n) is 52.4. The minimum Gasteiger partial charge on any atom is -0.451 e. The Morgan fingerprint density at radius 1 is 0.824 bits per heavy atom. The van der Waals surface area contributed by atoms with Crippen LogP contribution in [0.2, 0.25) is 0 Å². The standard InChI is InChI=1S/C65H83N11O14S/c1-41-55(91-40-68-41)44-14-12-42(13-15-44)36-66-58(81)52-35-47(78)38-76(52)61(82)56(64(2,3)4)71-53(79)20-24-84-26-28-86-30-32-88-33-31-87-29-27-85-25-21-54(80)75-22-18-45(19-23-75)59-73-74-60(89-59)49-37-67-63(72-57(49)70-51(39-77)43-10-8-7-9-11-43)69-46-16-17-48-50(34-46)65(5,6)90-62(48)83/h7-17,34,37,40,45,47,51-52,56,77-78H,18-33,35-36,38-39H2,1-6H3,(H,66,81)(H,71,79)(H2,67,69,70,72)/t47-,51-,52+,56-/m1/s1.